The van der Waals surface area contributed by atoms with Crippen molar-refractivity contribution in [3.05, 3.63) is 95.1 Å². The Hall–Kier alpha value is -3.48. The maximum absolute atomic E-state index is 14.9. The van der Waals surface area contributed by atoms with Gasteiger partial charge in [-0.2, -0.15) is 0 Å². The fourth-order valence-electron chi connectivity index (χ4n) is 7.70. The van der Waals surface area contributed by atoms with Crippen LogP contribution in [0.4, 0.5) is 5.69 Å². The van der Waals surface area contributed by atoms with Crippen molar-refractivity contribution in [2.45, 2.75) is 30.3 Å². The second-order valence-corrected chi connectivity index (χ2v) is 10.3. The molecule has 3 heterocycles. The summed E-state index contributed by atoms with van der Waals surface area (Å²) >= 11 is 0. The maximum atomic E-state index is 14.9. The van der Waals surface area contributed by atoms with E-state index in [0.717, 1.165) is 40.1 Å². The Labute approximate surface area is 210 Å². The molecule has 2 spiro atoms. The number of morpholine rings is 1. The number of carbonyl (C=O) groups excluding carboxylic acids is 2. The lowest BCUT2D eigenvalue weighted by Crippen LogP contribution is -2.62. The van der Waals surface area contributed by atoms with E-state index in [1.54, 1.807) is 7.11 Å². The molecule has 2 saturated heterocycles. The topological polar surface area (TPSA) is 67.9 Å². The van der Waals surface area contributed by atoms with E-state index < -0.39 is 11.0 Å². The summed E-state index contributed by atoms with van der Waals surface area (Å²) in [5, 5.41) is 3.18. The quantitative estimate of drug-likeness (QED) is 0.597. The number of nitrogens with one attached hydrogen (secondary N) is 1. The number of anilines is 1. The number of rotatable bonds is 2. The average molecular weight is 481 g/mol. The van der Waals surface area contributed by atoms with E-state index in [9.17, 15) is 9.59 Å². The summed E-state index contributed by atoms with van der Waals surface area (Å²) in [6.45, 7) is 1.60. The zero-order chi connectivity index (χ0) is 24.5. The van der Waals surface area contributed by atoms with Crippen molar-refractivity contribution in [1.29, 1.82) is 0 Å². The number of para-hydroxylation sites is 1. The Bertz CT molecular complexity index is 1390. The highest BCUT2D eigenvalue weighted by atomic mass is 16.5. The highest BCUT2D eigenvalue weighted by Crippen LogP contribution is 2.68. The molecule has 2 fully saturated rings. The lowest BCUT2D eigenvalue weighted by molar-refractivity contribution is -0.135. The Morgan fingerprint density at radius 1 is 1.00 bits per heavy atom. The molecule has 0 radical (unpaired) electrons. The second kappa shape index (κ2) is 7.76. The Balaban J connectivity index is 1.56. The van der Waals surface area contributed by atoms with Crippen molar-refractivity contribution in [2.24, 2.45) is 5.41 Å². The first-order valence-electron chi connectivity index (χ1n) is 12.6. The number of carbonyl (C=O) groups is 2. The molecule has 6 heteroatoms. The third kappa shape index (κ3) is 2.53. The van der Waals surface area contributed by atoms with Gasteiger partial charge >= 0.3 is 0 Å². The number of aryl methyl sites for hydroxylation is 1. The largest absolute Gasteiger partial charge is 0.497 e. The fourth-order valence-corrected chi connectivity index (χ4v) is 7.70. The summed E-state index contributed by atoms with van der Waals surface area (Å²) in [6, 6.07) is 23.7. The van der Waals surface area contributed by atoms with Gasteiger partial charge in [-0.25, -0.2) is 0 Å². The molecule has 4 unspecified atom stereocenters. The van der Waals surface area contributed by atoms with Crippen molar-refractivity contribution in [3.63, 3.8) is 0 Å². The number of Topliss-reactive ketones (excluding diaryl/α,β-unsaturated/α-hetero) is 1. The summed E-state index contributed by atoms with van der Waals surface area (Å²) in [5.74, 6) is 0.508. The van der Waals surface area contributed by atoms with E-state index >= 15 is 0 Å². The molecule has 3 aromatic rings. The third-order valence-electron chi connectivity index (χ3n) is 8.98. The van der Waals surface area contributed by atoms with Gasteiger partial charge < -0.3 is 14.8 Å². The fraction of sp³-hybridized carbons (Fsp3) is 0.333. The van der Waals surface area contributed by atoms with Crippen molar-refractivity contribution in [1.82, 2.24) is 4.90 Å². The van der Waals surface area contributed by atoms with Gasteiger partial charge in [-0.1, -0.05) is 54.6 Å². The van der Waals surface area contributed by atoms with Crippen molar-refractivity contribution < 1.29 is 19.1 Å². The van der Waals surface area contributed by atoms with Crippen LogP contribution in [0.15, 0.2) is 72.8 Å². The predicted molar refractivity (Wildman–Crippen MR) is 135 cm³/mol. The molecule has 36 heavy (non-hydrogen) atoms. The van der Waals surface area contributed by atoms with Crippen LogP contribution in [0.1, 0.15) is 39.4 Å². The number of hydrogen-bond donors (Lipinski definition) is 1. The van der Waals surface area contributed by atoms with Crippen LogP contribution in [-0.4, -0.2) is 49.5 Å². The number of methoxy groups -OCH3 is 1. The highest BCUT2D eigenvalue weighted by Gasteiger charge is 2.77. The van der Waals surface area contributed by atoms with Crippen LogP contribution < -0.4 is 10.1 Å². The molecule has 4 atom stereocenters. The molecule has 4 aliphatic rings. The van der Waals surface area contributed by atoms with E-state index in [-0.39, 0.29) is 23.7 Å². The molecular weight excluding hydrogens is 452 g/mol. The Morgan fingerprint density at radius 2 is 1.78 bits per heavy atom. The minimum absolute atomic E-state index is 0.0615. The lowest BCUT2D eigenvalue weighted by atomic mass is 9.53. The van der Waals surface area contributed by atoms with E-state index in [4.69, 9.17) is 9.47 Å². The molecule has 7 rings (SSSR count). The second-order valence-electron chi connectivity index (χ2n) is 10.3. The molecule has 0 bridgehead atoms. The van der Waals surface area contributed by atoms with Crippen LogP contribution in [0.5, 0.6) is 5.75 Å². The first-order valence-corrected chi connectivity index (χ1v) is 12.6. The predicted octanol–water partition coefficient (Wildman–Crippen LogP) is 4.16. The van der Waals surface area contributed by atoms with Crippen molar-refractivity contribution >= 4 is 17.4 Å². The zero-order valence-corrected chi connectivity index (χ0v) is 20.2. The number of benzene rings is 3. The minimum atomic E-state index is -1.10. The summed E-state index contributed by atoms with van der Waals surface area (Å²) < 4.78 is 11.5. The van der Waals surface area contributed by atoms with Gasteiger partial charge in [-0.05, 0) is 42.2 Å². The van der Waals surface area contributed by atoms with Gasteiger partial charge in [0.15, 0.2) is 5.78 Å². The maximum Gasteiger partial charge on any atom is 0.250 e. The minimum Gasteiger partial charge on any atom is -0.497 e. The number of hydrogen-bond acceptors (Lipinski definition) is 5. The molecule has 3 aromatic carbocycles. The third-order valence-corrected chi connectivity index (χ3v) is 8.98. The molecule has 1 amide bonds. The van der Waals surface area contributed by atoms with E-state index in [0.29, 0.717) is 26.2 Å². The van der Waals surface area contributed by atoms with Gasteiger partial charge in [0.2, 0.25) is 0 Å². The number of amides is 1. The van der Waals surface area contributed by atoms with Crippen LogP contribution in [0, 0.1) is 5.41 Å². The molecule has 0 aromatic heterocycles. The summed E-state index contributed by atoms with van der Waals surface area (Å²) in [5.41, 5.74) is 2.46. The highest BCUT2D eigenvalue weighted by molar-refractivity contribution is 6.15. The molecule has 6 nitrogen and oxygen atoms in total. The molecule has 3 aliphatic heterocycles. The van der Waals surface area contributed by atoms with Crippen molar-refractivity contribution in [3.8, 4) is 5.75 Å². The van der Waals surface area contributed by atoms with E-state index in [2.05, 4.69) is 22.3 Å². The van der Waals surface area contributed by atoms with Gasteiger partial charge in [0, 0.05) is 35.3 Å². The molecule has 182 valence electrons. The summed E-state index contributed by atoms with van der Waals surface area (Å²) in [4.78, 5) is 31.6. The normalized spacial score (nSPS) is 30.7. The van der Waals surface area contributed by atoms with Gasteiger partial charge in [0.25, 0.3) is 5.91 Å². The van der Waals surface area contributed by atoms with Gasteiger partial charge in [0.05, 0.1) is 25.7 Å². The van der Waals surface area contributed by atoms with Crippen LogP contribution in [-0.2, 0) is 21.5 Å². The Kier molecular flexibility index (Phi) is 4.69. The molecule has 0 saturated carbocycles. The zero-order valence-electron chi connectivity index (χ0n) is 20.2. The SMILES string of the molecule is COc1ccc(C2C3COCCN3C3(C(=O)Nc4ccccc43)C23CCc2ccccc2C3=O)cc1. The van der Waals surface area contributed by atoms with Gasteiger partial charge in [-0.3, -0.25) is 14.5 Å². The van der Waals surface area contributed by atoms with Gasteiger partial charge in [-0.15, -0.1) is 0 Å². The summed E-state index contributed by atoms with van der Waals surface area (Å²) in [7, 11) is 1.65. The standard InChI is InChI=1S/C30H28N2O4/c1-35-21-12-10-20(11-13-21)26-25-18-36-17-16-32(25)30(23-8-4-5-9-24(23)31-28(30)34)29(26)15-14-19-6-2-3-7-22(19)27(29)33/h2-13,25-26H,14-18H2,1H3,(H,31,34). The van der Waals surface area contributed by atoms with E-state index in [1.165, 1.54) is 0 Å². The first kappa shape index (κ1) is 21.8. The van der Waals surface area contributed by atoms with Crippen LogP contribution >= 0.6 is 0 Å². The Morgan fingerprint density at radius 3 is 2.61 bits per heavy atom. The number of ketones is 1. The number of fused-ring (bicyclic) bond motifs is 6. The van der Waals surface area contributed by atoms with Crippen LogP contribution in [0.25, 0.3) is 0 Å². The molecular formula is C30H28N2O4. The van der Waals surface area contributed by atoms with Gasteiger partial charge in [0.1, 0.15) is 11.3 Å². The number of ether oxygens (including phenoxy) is 2. The van der Waals surface area contributed by atoms with Crippen molar-refractivity contribution in [2.75, 3.05) is 32.2 Å². The average Bonchev–Trinajstić information content (AvgIpc) is 3.37. The lowest BCUT2D eigenvalue weighted by Gasteiger charge is -2.49. The van der Waals surface area contributed by atoms with Crippen LogP contribution in [0.2, 0.25) is 0 Å². The smallest absolute Gasteiger partial charge is 0.250 e. The van der Waals surface area contributed by atoms with E-state index in [1.807, 2.05) is 60.7 Å². The number of nitrogens with zero attached hydrogens (tertiary/aromatic N) is 1. The molecule has 1 N–H and O–H groups in total. The monoisotopic (exact) mass is 480 g/mol. The first-order chi connectivity index (χ1) is 17.6. The van der Waals surface area contributed by atoms with Crippen LogP contribution in [0.3, 0.4) is 0 Å². The molecule has 1 aliphatic carbocycles. The summed E-state index contributed by atoms with van der Waals surface area (Å²) in [6.07, 6.45) is 1.33.